The topological polar surface area (TPSA) is 85.6 Å². The van der Waals surface area contributed by atoms with Crippen LogP contribution in [-0.2, 0) is 23.1 Å². The van der Waals surface area contributed by atoms with Gasteiger partial charge in [0.2, 0.25) is 0 Å². The first-order valence-electron chi connectivity index (χ1n) is 6.15. The van der Waals surface area contributed by atoms with E-state index in [-0.39, 0.29) is 12.6 Å². The summed E-state index contributed by atoms with van der Waals surface area (Å²) in [6, 6.07) is 0. The number of aliphatic hydroxyl groups excluding tert-OH is 1. The van der Waals surface area contributed by atoms with Gasteiger partial charge in [-0.15, -0.1) is 0 Å². The van der Waals surface area contributed by atoms with E-state index >= 15 is 0 Å². The first-order chi connectivity index (χ1) is 9.10. The molecule has 1 atom stereocenters. The fraction of sp³-hybridized carbons (Fsp3) is 0.667. The Balaban J connectivity index is 2.57. The summed E-state index contributed by atoms with van der Waals surface area (Å²) < 4.78 is 11.4. The molecule has 0 radical (unpaired) electrons. The maximum Gasteiger partial charge on any atom is 0.341 e. The van der Waals surface area contributed by atoms with Crippen LogP contribution in [0.4, 0.5) is 0 Å². The zero-order valence-electron chi connectivity index (χ0n) is 11.5. The number of nitrogens with one attached hydrogen (secondary N) is 1. The number of aromatic nitrogens is 2. The van der Waals surface area contributed by atoms with Crippen molar-refractivity contribution < 1.29 is 19.4 Å². The molecule has 0 aliphatic carbocycles. The summed E-state index contributed by atoms with van der Waals surface area (Å²) in [6.45, 7) is 3.15. The summed E-state index contributed by atoms with van der Waals surface area (Å²) in [5.41, 5.74) is 1.17. The molecule has 1 rings (SSSR count). The van der Waals surface area contributed by atoms with Crippen molar-refractivity contribution in [3.05, 3.63) is 17.5 Å². The molecule has 108 valence electrons. The molecule has 0 aliphatic heterocycles. The zero-order chi connectivity index (χ0) is 14.3. The van der Waals surface area contributed by atoms with E-state index in [2.05, 4.69) is 10.4 Å². The van der Waals surface area contributed by atoms with Gasteiger partial charge in [-0.3, -0.25) is 4.68 Å². The standard InChI is InChI=1S/C12H21N3O4/c1-4-19-12(17)10-6-14-15(2)11(10)7-13-5-9(16)8-18-3/h6,9,13,16H,4-5,7-8H2,1-3H3. The molecule has 7 nitrogen and oxygen atoms in total. The molecule has 0 spiro atoms. The molecule has 0 fully saturated rings. The lowest BCUT2D eigenvalue weighted by molar-refractivity contribution is 0.0524. The van der Waals surface area contributed by atoms with Crippen molar-refractivity contribution in [3.8, 4) is 0 Å². The van der Waals surface area contributed by atoms with E-state index in [0.717, 1.165) is 5.69 Å². The Bertz CT molecular complexity index is 406. The Morgan fingerprint density at radius 2 is 2.37 bits per heavy atom. The first kappa shape index (κ1) is 15.6. The van der Waals surface area contributed by atoms with Crippen LogP contribution in [0.15, 0.2) is 6.20 Å². The second kappa shape index (κ2) is 7.88. The number of carbonyl (C=O) groups excluding carboxylic acids is 1. The predicted molar refractivity (Wildman–Crippen MR) is 68.8 cm³/mol. The highest BCUT2D eigenvalue weighted by Crippen LogP contribution is 2.09. The molecule has 1 heterocycles. The maximum atomic E-state index is 11.7. The molecule has 0 saturated heterocycles. The second-order valence-corrected chi connectivity index (χ2v) is 4.09. The van der Waals surface area contributed by atoms with Gasteiger partial charge in [-0.05, 0) is 6.92 Å². The molecule has 0 aromatic carbocycles. The third-order valence-corrected chi connectivity index (χ3v) is 2.59. The van der Waals surface area contributed by atoms with Crippen molar-refractivity contribution in [2.24, 2.45) is 7.05 Å². The summed E-state index contributed by atoms with van der Waals surface area (Å²) in [6.07, 6.45) is 0.907. The van der Waals surface area contributed by atoms with Gasteiger partial charge in [-0.2, -0.15) is 5.10 Å². The summed E-state index contributed by atoms with van der Waals surface area (Å²) in [4.78, 5) is 11.7. The Labute approximate surface area is 112 Å². The molecule has 1 aromatic heterocycles. The van der Waals surface area contributed by atoms with Crippen LogP contribution in [0.1, 0.15) is 23.0 Å². The highest BCUT2D eigenvalue weighted by molar-refractivity contribution is 5.90. The lowest BCUT2D eigenvalue weighted by Gasteiger charge is -2.11. The van der Waals surface area contributed by atoms with Crippen LogP contribution < -0.4 is 5.32 Å². The van der Waals surface area contributed by atoms with Gasteiger partial charge in [0.05, 0.1) is 31.2 Å². The van der Waals surface area contributed by atoms with E-state index in [0.29, 0.717) is 25.3 Å². The number of rotatable bonds is 8. The third-order valence-electron chi connectivity index (χ3n) is 2.59. The number of aryl methyl sites for hydroxylation is 1. The Morgan fingerprint density at radius 3 is 3.00 bits per heavy atom. The molecule has 7 heteroatoms. The normalized spacial score (nSPS) is 12.4. The lowest BCUT2D eigenvalue weighted by Crippen LogP contribution is -2.30. The van der Waals surface area contributed by atoms with Crippen LogP contribution in [0.25, 0.3) is 0 Å². The van der Waals surface area contributed by atoms with Crippen LogP contribution in [0, 0.1) is 0 Å². The van der Waals surface area contributed by atoms with Crippen molar-refractivity contribution >= 4 is 5.97 Å². The zero-order valence-corrected chi connectivity index (χ0v) is 11.5. The van der Waals surface area contributed by atoms with Gasteiger partial charge in [-0.1, -0.05) is 0 Å². The average molecular weight is 271 g/mol. The van der Waals surface area contributed by atoms with Gasteiger partial charge < -0.3 is 19.9 Å². The van der Waals surface area contributed by atoms with E-state index in [1.807, 2.05) is 0 Å². The summed E-state index contributed by atoms with van der Waals surface area (Å²) in [5.74, 6) is -0.384. The number of methoxy groups -OCH3 is 1. The van der Waals surface area contributed by atoms with Gasteiger partial charge >= 0.3 is 5.97 Å². The minimum Gasteiger partial charge on any atom is -0.462 e. The molecule has 1 aromatic rings. The average Bonchev–Trinajstić information content (AvgIpc) is 2.72. The highest BCUT2D eigenvalue weighted by Gasteiger charge is 2.17. The number of hydrogen-bond donors (Lipinski definition) is 2. The fourth-order valence-corrected chi connectivity index (χ4v) is 1.66. The lowest BCUT2D eigenvalue weighted by atomic mass is 10.2. The second-order valence-electron chi connectivity index (χ2n) is 4.09. The quantitative estimate of drug-likeness (QED) is 0.631. The van der Waals surface area contributed by atoms with Crippen LogP contribution >= 0.6 is 0 Å². The SMILES string of the molecule is CCOC(=O)c1cnn(C)c1CNCC(O)COC. The third kappa shape index (κ3) is 4.62. The number of carbonyl (C=O) groups is 1. The molecular formula is C12H21N3O4. The molecular weight excluding hydrogens is 250 g/mol. The molecule has 0 aliphatic rings. The van der Waals surface area contributed by atoms with E-state index in [1.165, 1.54) is 13.3 Å². The molecule has 0 saturated carbocycles. The van der Waals surface area contributed by atoms with Crippen LogP contribution in [0.5, 0.6) is 0 Å². The van der Waals surface area contributed by atoms with Crippen molar-refractivity contribution in [2.75, 3.05) is 26.9 Å². The van der Waals surface area contributed by atoms with Gasteiger partial charge in [0, 0.05) is 27.2 Å². The number of aliphatic hydroxyl groups is 1. The number of nitrogens with zero attached hydrogens (tertiary/aromatic N) is 2. The van der Waals surface area contributed by atoms with Gasteiger partial charge in [0.25, 0.3) is 0 Å². The van der Waals surface area contributed by atoms with Gasteiger partial charge in [-0.25, -0.2) is 4.79 Å². The van der Waals surface area contributed by atoms with Crippen LogP contribution in [0.3, 0.4) is 0 Å². The van der Waals surface area contributed by atoms with E-state index < -0.39 is 6.10 Å². The summed E-state index contributed by atoms with van der Waals surface area (Å²) >= 11 is 0. The maximum absolute atomic E-state index is 11.7. The molecule has 0 bridgehead atoms. The molecule has 19 heavy (non-hydrogen) atoms. The van der Waals surface area contributed by atoms with Crippen molar-refractivity contribution in [1.82, 2.24) is 15.1 Å². The van der Waals surface area contributed by atoms with Crippen LogP contribution in [-0.4, -0.2) is 53.8 Å². The van der Waals surface area contributed by atoms with E-state index in [4.69, 9.17) is 9.47 Å². The summed E-state index contributed by atoms with van der Waals surface area (Å²) in [5, 5.41) is 16.6. The van der Waals surface area contributed by atoms with E-state index in [9.17, 15) is 9.90 Å². The van der Waals surface area contributed by atoms with Gasteiger partial charge in [0.15, 0.2) is 0 Å². The number of esters is 1. The Hall–Kier alpha value is -1.44. The minimum absolute atomic E-state index is 0.267. The molecule has 2 N–H and O–H groups in total. The minimum atomic E-state index is -0.579. The largest absolute Gasteiger partial charge is 0.462 e. The van der Waals surface area contributed by atoms with Crippen molar-refractivity contribution in [3.63, 3.8) is 0 Å². The Morgan fingerprint density at radius 1 is 1.63 bits per heavy atom. The molecule has 0 amide bonds. The number of hydrogen-bond acceptors (Lipinski definition) is 6. The van der Waals surface area contributed by atoms with Gasteiger partial charge in [0.1, 0.15) is 5.56 Å². The summed E-state index contributed by atoms with van der Waals surface area (Å²) in [7, 11) is 3.29. The van der Waals surface area contributed by atoms with Crippen LogP contribution in [0.2, 0.25) is 0 Å². The smallest absolute Gasteiger partial charge is 0.341 e. The van der Waals surface area contributed by atoms with Crippen molar-refractivity contribution in [1.29, 1.82) is 0 Å². The number of ether oxygens (including phenoxy) is 2. The van der Waals surface area contributed by atoms with Crippen molar-refractivity contribution in [2.45, 2.75) is 19.6 Å². The van der Waals surface area contributed by atoms with E-state index in [1.54, 1.807) is 18.7 Å². The molecule has 1 unspecified atom stereocenters. The fourth-order valence-electron chi connectivity index (χ4n) is 1.66. The predicted octanol–water partition coefficient (Wildman–Crippen LogP) is -0.306. The Kier molecular flexibility index (Phi) is 6.48. The highest BCUT2D eigenvalue weighted by atomic mass is 16.5. The first-order valence-corrected chi connectivity index (χ1v) is 6.15. The monoisotopic (exact) mass is 271 g/mol.